The highest BCUT2D eigenvalue weighted by atomic mass is 15.1. The Labute approximate surface area is 111 Å². The van der Waals surface area contributed by atoms with Gasteiger partial charge in [-0.25, -0.2) is 0 Å². The van der Waals surface area contributed by atoms with Gasteiger partial charge in [0.15, 0.2) is 0 Å². The summed E-state index contributed by atoms with van der Waals surface area (Å²) in [5.74, 6) is 0. The van der Waals surface area contributed by atoms with E-state index >= 15 is 0 Å². The lowest BCUT2D eigenvalue weighted by atomic mass is 10.1. The van der Waals surface area contributed by atoms with Crippen LogP contribution in [0.3, 0.4) is 0 Å². The van der Waals surface area contributed by atoms with Crippen molar-refractivity contribution in [2.45, 2.75) is 0 Å². The number of fused-ring (bicyclic) bond motifs is 1. The van der Waals surface area contributed by atoms with Crippen molar-refractivity contribution in [2.75, 3.05) is 5.73 Å². The van der Waals surface area contributed by atoms with Gasteiger partial charge in [0, 0.05) is 5.39 Å². The molecule has 0 saturated carbocycles. The highest BCUT2D eigenvalue weighted by Gasteiger charge is 2.02. The molecule has 0 aliphatic rings. The topological polar surface area (TPSA) is 50.7 Å². The van der Waals surface area contributed by atoms with Gasteiger partial charge < -0.3 is 5.73 Å². The second kappa shape index (κ2) is 4.90. The number of azo groups is 1. The Balaban J connectivity index is 2.02. The first-order valence-electron chi connectivity index (χ1n) is 6.08. The first-order chi connectivity index (χ1) is 9.34. The first-order valence-corrected chi connectivity index (χ1v) is 6.08. The minimum absolute atomic E-state index is 0.665. The lowest BCUT2D eigenvalue weighted by Gasteiger charge is -2.04. The van der Waals surface area contributed by atoms with Crippen LogP contribution in [-0.2, 0) is 0 Å². The number of hydrogen-bond donors (Lipinski definition) is 1. The molecule has 0 saturated heterocycles. The van der Waals surface area contributed by atoms with E-state index in [1.165, 1.54) is 0 Å². The summed E-state index contributed by atoms with van der Waals surface area (Å²) in [4.78, 5) is 0. The smallest absolute Gasteiger partial charge is 0.109 e. The average molecular weight is 247 g/mol. The van der Waals surface area contributed by atoms with E-state index in [1.807, 2.05) is 66.7 Å². The molecule has 92 valence electrons. The normalized spacial score (nSPS) is 11.2. The number of nitrogens with zero attached hydrogens (tertiary/aromatic N) is 2. The third kappa shape index (κ3) is 2.31. The third-order valence-electron chi connectivity index (χ3n) is 2.98. The van der Waals surface area contributed by atoms with Gasteiger partial charge >= 0.3 is 0 Å². The first kappa shape index (κ1) is 11.4. The molecule has 3 nitrogen and oxygen atoms in total. The number of hydrogen-bond acceptors (Lipinski definition) is 3. The molecule has 3 aromatic rings. The Kier molecular flexibility index (Phi) is 2.94. The van der Waals surface area contributed by atoms with Crippen LogP contribution in [0.5, 0.6) is 0 Å². The summed E-state index contributed by atoms with van der Waals surface area (Å²) in [7, 11) is 0. The molecule has 0 unspecified atom stereocenters. The van der Waals surface area contributed by atoms with Crippen LogP contribution in [0.15, 0.2) is 77.0 Å². The fourth-order valence-corrected chi connectivity index (χ4v) is 1.98. The summed E-state index contributed by atoms with van der Waals surface area (Å²) in [6.45, 7) is 0. The Bertz CT molecular complexity index is 733. The lowest BCUT2D eigenvalue weighted by molar-refractivity contribution is 1.24. The van der Waals surface area contributed by atoms with Crippen LogP contribution >= 0.6 is 0 Å². The second-order valence-corrected chi connectivity index (χ2v) is 4.26. The quantitative estimate of drug-likeness (QED) is 0.511. The van der Waals surface area contributed by atoms with Crippen LogP contribution in [0.1, 0.15) is 0 Å². The van der Waals surface area contributed by atoms with Gasteiger partial charge in [0.2, 0.25) is 0 Å². The number of rotatable bonds is 2. The van der Waals surface area contributed by atoms with Gasteiger partial charge in [-0.3, -0.25) is 0 Å². The zero-order valence-corrected chi connectivity index (χ0v) is 10.3. The minimum Gasteiger partial charge on any atom is -0.396 e. The maximum atomic E-state index is 6.13. The van der Waals surface area contributed by atoms with Crippen LogP contribution in [-0.4, -0.2) is 0 Å². The standard InChI is InChI=1S/C16H13N3/c17-16-14-9-5-4-6-12(14)10-11-15(16)19-18-13-7-2-1-3-8-13/h1-11H,17H2. The molecule has 0 radical (unpaired) electrons. The molecule has 0 spiro atoms. The molecule has 0 fully saturated rings. The zero-order valence-electron chi connectivity index (χ0n) is 10.3. The summed E-state index contributed by atoms with van der Waals surface area (Å²) in [5.41, 5.74) is 8.31. The van der Waals surface area contributed by atoms with E-state index < -0.39 is 0 Å². The Morgan fingerprint density at radius 3 is 2.26 bits per heavy atom. The van der Waals surface area contributed by atoms with Gasteiger partial charge in [0.1, 0.15) is 5.69 Å². The largest absolute Gasteiger partial charge is 0.396 e. The summed E-state index contributed by atoms with van der Waals surface area (Å²) < 4.78 is 0. The molecule has 0 amide bonds. The van der Waals surface area contributed by atoms with E-state index in [-0.39, 0.29) is 0 Å². The van der Waals surface area contributed by atoms with Crippen molar-refractivity contribution in [3.05, 3.63) is 66.7 Å². The Morgan fingerprint density at radius 1 is 0.684 bits per heavy atom. The second-order valence-electron chi connectivity index (χ2n) is 4.26. The van der Waals surface area contributed by atoms with Gasteiger partial charge in [0.25, 0.3) is 0 Å². The molecule has 0 atom stereocenters. The van der Waals surface area contributed by atoms with Crippen LogP contribution in [0, 0.1) is 0 Å². The maximum absolute atomic E-state index is 6.13. The van der Waals surface area contributed by atoms with Crippen molar-refractivity contribution < 1.29 is 0 Å². The van der Waals surface area contributed by atoms with Gasteiger partial charge in [0.05, 0.1) is 11.4 Å². The fraction of sp³-hybridized carbons (Fsp3) is 0. The predicted molar refractivity (Wildman–Crippen MR) is 79.0 cm³/mol. The van der Waals surface area contributed by atoms with Gasteiger partial charge in [-0.2, -0.15) is 5.11 Å². The van der Waals surface area contributed by atoms with Crippen LogP contribution in [0.2, 0.25) is 0 Å². The van der Waals surface area contributed by atoms with Crippen LogP contribution < -0.4 is 5.73 Å². The molecular formula is C16H13N3. The van der Waals surface area contributed by atoms with Crippen molar-refractivity contribution >= 4 is 27.8 Å². The van der Waals surface area contributed by atoms with E-state index in [4.69, 9.17) is 5.73 Å². The van der Waals surface area contributed by atoms with Gasteiger partial charge in [-0.05, 0) is 23.6 Å². The lowest BCUT2D eigenvalue weighted by Crippen LogP contribution is -1.87. The highest BCUT2D eigenvalue weighted by Crippen LogP contribution is 2.31. The molecule has 0 aliphatic carbocycles. The fourth-order valence-electron chi connectivity index (χ4n) is 1.98. The average Bonchev–Trinajstić information content (AvgIpc) is 2.48. The Morgan fingerprint density at radius 2 is 1.42 bits per heavy atom. The number of benzene rings is 3. The highest BCUT2D eigenvalue weighted by molar-refractivity contribution is 5.97. The summed E-state index contributed by atoms with van der Waals surface area (Å²) in [6, 6.07) is 21.5. The van der Waals surface area contributed by atoms with Crippen LogP contribution in [0.4, 0.5) is 17.1 Å². The monoisotopic (exact) mass is 247 g/mol. The Hall–Kier alpha value is -2.68. The van der Waals surface area contributed by atoms with Crippen molar-refractivity contribution in [3.8, 4) is 0 Å². The van der Waals surface area contributed by atoms with Crippen molar-refractivity contribution in [1.29, 1.82) is 0 Å². The molecule has 19 heavy (non-hydrogen) atoms. The summed E-state index contributed by atoms with van der Waals surface area (Å²) in [6.07, 6.45) is 0. The molecule has 0 aromatic heterocycles. The molecular weight excluding hydrogens is 234 g/mol. The third-order valence-corrected chi connectivity index (χ3v) is 2.98. The van der Waals surface area contributed by atoms with E-state index in [1.54, 1.807) is 0 Å². The number of nitrogen functional groups attached to an aromatic ring is 1. The molecule has 0 heterocycles. The number of nitrogens with two attached hydrogens (primary N) is 1. The SMILES string of the molecule is Nc1c(N=Nc2ccccc2)ccc2ccccc12. The van der Waals surface area contributed by atoms with E-state index in [2.05, 4.69) is 10.2 Å². The molecule has 3 rings (SSSR count). The predicted octanol–water partition coefficient (Wildman–Crippen LogP) is 4.84. The summed E-state index contributed by atoms with van der Waals surface area (Å²) >= 11 is 0. The zero-order chi connectivity index (χ0) is 13.1. The maximum Gasteiger partial charge on any atom is 0.109 e. The molecule has 0 bridgehead atoms. The van der Waals surface area contributed by atoms with Crippen molar-refractivity contribution in [3.63, 3.8) is 0 Å². The van der Waals surface area contributed by atoms with Gasteiger partial charge in [-0.15, -0.1) is 5.11 Å². The summed E-state index contributed by atoms with van der Waals surface area (Å²) in [5, 5.41) is 10.5. The van der Waals surface area contributed by atoms with Crippen molar-refractivity contribution in [2.24, 2.45) is 10.2 Å². The van der Waals surface area contributed by atoms with E-state index in [0.29, 0.717) is 11.4 Å². The van der Waals surface area contributed by atoms with E-state index in [9.17, 15) is 0 Å². The molecule has 3 heteroatoms. The van der Waals surface area contributed by atoms with Crippen LogP contribution in [0.25, 0.3) is 10.8 Å². The van der Waals surface area contributed by atoms with Gasteiger partial charge in [-0.1, -0.05) is 48.5 Å². The van der Waals surface area contributed by atoms with Crippen molar-refractivity contribution in [1.82, 2.24) is 0 Å². The molecule has 3 aromatic carbocycles. The molecule has 2 N–H and O–H groups in total. The number of anilines is 1. The molecule has 0 aliphatic heterocycles. The minimum atomic E-state index is 0.665. The van der Waals surface area contributed by atoms with E-state index in [0.717, 1.165) is 16.5 Å².